The maximum atomic E-state index is 6.06. The monoisotopic (exact) mass is 349 g/mol. The van der Waals surface area contributed by atoms with E-state index in [4.69, 9.17) is 9.47 Å². The summed E-state index contributed by atoms with van der Waals surface area (Å²) in [7, 11) is 2.10. The number of likely N-dealkylation sites (N-methyl/N-ethyl adjacent to an activating group) is 1. The SMILES string of the molecule is CN(Cc1cncn1Cc1ccccc1)CC1COc2ccccc2O1. The molecule has 0 aliphatic carbocycles. The number of aromatic nitrogens is 2. The van der Waals surface area contributed by atoms with Gasteiger partial charge < -0.3 is 14.0 Å². The molecule has 0 saturated heterocycles. The fraction of sp³-hybridized carbons (Fsp3) is 0.286. The van der Waals surface area contributed by atoms with Crippen molar-refractivity contribution in [2.75, 3.05) is 20.2 Å². The van der Waals surface area contributed by atoms with Crippen molar-refractivity contribution in [3.63, 3.8) is 0 Å². The van der Waals surface area contributed by atoms with Gasteiger partial charge in [0.1, 0.15) is 12.7 Å². The molecule has 5 heteroatoms. The Hall–Kier alpha value is -2.79. The number of imidazole rings is 1. The van der Waals surface area contributed by atoms with E-state index in [1.54, 1.807) is 0 Å². The molecule has 1 unspecified atom stereocenters. The third-order valence-corrected chi connectivity index (χ3v) is 4.51. The highest BCUT2D eigenvalue weighted by atomic mass is 16.6. The van der Waals surface area contributed by atoms with Crippen LogP contribution in [0.5, 0.6) is 11.5 Å². The predicted octanol–water partition coefficient (Wildman–Crippen LogP) is 3.20. The normalized spacial score (nSPS) is 16.0. The number of hydrogen-bond donors (Lipinski definition) is 0. The first kappa shape index (κ1) is 16.7. The second kappa shape index (κ2) is 7.62. The van der Waals surface area contributed by atoms with Crippen LogP contribution < -0.4 is 9.47 Å². The third kappa shape index (κ3) is 3.89. The summed E-state index contributed by atoms with van der Waals surface area (Å²) in [6.07, 6.45) is 3.86. The van der Waals surface area contributed by atoms with Crippen LogP contribution in [0.1, 0.15) is 11.3 Å². The highest BCUT2D eigenvalue weighted by Crippen LogP contribution is 2.31. The minimum absolute atomic E-state index is 0.0281. The van der Waals surface area contributed by atoms with Crippen LogP contribution in [0.2, 0.25) is 0 Å². The minimum Gasteiger partial charge on any atom is -0.486 e. The number of benzene rings is 2. The molecule has 0 N–H and O–H groups in total. The Morgan fingerprint density at radius 3 is 2.69 bits per heavy atom. The molecule has 0 radical (unpaired) electrons. The Kier molecular flexibility index (Phi) is 4.88. The first-order valence-corrected chi connectivity index (χ1v) is 8.88. The molecule has 0 saturated carbocycles. The third-order valence-electron chi connectivity index (χ3n) is 4.51. The van der Waals surface area contributed by atoms with Crippen molar-refractivity contribution < 1.29 is 9.47 Å². The van der Waals surface area contributed by atoms with Gasteiger partial charge in [0.25, 0.3) is 0 Å². The van der Waals surface area contributed by atoms with E-state index in [-0.39, 0.29) is 6.10 Å². The zero-order valence-corrected chi connectivity index (χ0v) is 14.9. The molecule has 3 aromatic rings. The van der Waals surface area contributed by atoms with Gasteiger partial charge >= 0.3 is 0 Å². The zero-order chi connectivity index (χ0) is 17.8. The van der Waals surface area contributed by atoms with E-state index in [9.17, 15) is 0 Å². The van der Waals surface area contributed by atoms with Crippen molar-refractivity contribution >= 4 is 0 Å². The molecule has 1 atom stereocenters. The van der Waals surface area contributed by atoms with E-state index < -0.39 is 0 Å². The van der Waals surface area contributed by atoms with Gasteiger partial charge in [-0.25, -0.2) is 4.98 Å². The van der Waals surface area contributed by atoms with Gasteiger partial charge in [0.15, 0.2) is 11.5 Å². The van der Waals surface area contributed by atoms with E-state index in [1.807, 2.05) is 42.9 Å². The van der Waals surface area contributed by atoms with Crippen LogP contribution in [0.25, 0.3) is 0 Å². The highest BCUT2D eigenvalue weighted by Gasteiger charge is 2.22. The lowest BCUT2D eigenvalue weighted by molar-refractivity contribution is 0.0633. The number of fused-ring (bicyclic) bond motifs is 1. The molecule has 0 bridgehead atoms. The van der Waals surface area contributed by atoms with E-state index >= 15 is 0 Å². The van der Waals surface area contributed by atoms with Crippen molar-refractivity contribution in [3.05, 3.63) is 78.4 Å². The van der Waals surface area contributed by atoms with Crippen molar-refractivity contribution in [2.24, 2.45) is 0 Å². The van der Waals surface area contributed by atoms with Crippen LogP contribution in [-0.2, 0) is 13.1 Å². The van der Waals surface area contributed by atoms with E-state index in [0.29, 0.717) is 6.61 Å². The number of nitrogens with zero attached hydrogens (tertiary/aromatic N) is 3. The number of rotatable bonds is 6. The summed E-state index contributed by atoms with van der Waals surface area (Å²) in [6, 6.07) is 18.3. The molecular weight excluding hydrogens is 326 g/mol. The average molecular weight is 349 g/mol. The number of ether oxygens (including phenoxy) is 2. The molecule has 0 spiro atoms. The summed E-state index contributed by atoms with van der Waals surface area (Å²) in [5.74, 6) is 1.65. The molecule has 134 valence electrons. The smallest absolute Gasteiger partial charge is 0.161 e. The molecule has 2 aromatic carbocycles. The standard InChI is InChI=1S/C21H23N3O2/c1-23(14-19-15-25-20-9-5-6-10-21(20)26-19)13-18-11-22-16-24(18)12-17-7-3-2-4-8-17/h2-11,16,19H,12-15H2,1H3. The summed E-state index contributed by atoms with van der Waals surface area (Å²) in [5.41, 5.74) is 2.46. The van der Waals surface area contributed by atoms with E-state index in [1.165, 1.54) is 11.3 Å². The van der Waals surface area contributed by atoms with Gasteiger partial charge in [-0.3, -0.25) is 4.90 Å². The Morgan fingerprint density at radius 2 is 1.85 bits per heavy atom. The molecular formula is C21H23N3O2. The summed E-state index contributed by atoms with van der Waals surface area (Å²) >= 11 is 0. The lowest BCUT2D eigenvalue weighted by Gasteiger charge is -2.29. The van der Waals surface area contributed by atoms with Gasteiger partial charge in [-0.2, -0.15) is 0 Å². The summed E-state index contributed by atoms with van der Waals surface area (Å²) in [6.45, 7) is 3.02. The number of para-hydroxylation sites is 2. The van der Waals surface area contributed by atoms with Gasteiger partial charge in [-0.15, -0.1) is 0 Å². The van der Waals surface area contributed by atoms with E-state index in [2.05, 4.69) is 45.8 Å². The van der Waals surface area contributed by atoms with Gasteiger partial charge in [0.2, 0.25) is 0 Å². The molecule has 0 amide bonds. The Morgan fingerprint density at radius 1 is 1.08 bits per heavy atom. The largest absolute Gasteiger partial charge is 0.486 e. The van der Waals surface area contributed by atoms with Crippen LogP contribution in [0.3, 0.4) is 0 Å². The lowest BCUT2D eigenvalue weighted by atomic mass is 10.2. The van der Waals surface area contributed by atoms with Crippen molar-refractivity contribution in [3.8, 4) is 11.5 Å². The molecule has 4 rings (SSSR count). The molecule has 2 heterocycles. The minimum atomic E-state index is 0.0281. The second-order valence-electron chi connectivity index (χ2n) is 6.69. The van der Waals surface area contributed by atoms with Gasteiger partial charge in [0.05, 0.1) is 12.0 Å². The summed E-state index contributed by atoms with van der Waals surface area (Å²) in [4.78, 5) is 6.58. The maximum absolute atomic E-state index is 6.06. The molecule has 1 aromatic heterocycles. The van der Waals surface area contributed by atoms with Crippen molar-refractivity contribution in [1.82, 2.24) is 14.5 Å². The first-order chi connectivity index (χ1) is 12.8. The van der Waals surface area contributed by atoms with Crippen LogP contribution in [0, 0.1) is 0 Å². The topological polar surface area (TPSA) is 39.5 Å². The van der Waals surface area contributed by atoms with Crippen LogP contribution in [-0.4, -0.2) is 40.8 Å². The molecule has 1 aliphatic heterocycles. The quantitative estimate of drug-likeness (QED) is 0.685. The number of hydrogen-bond acceptors (Lipinski definition) is 4. The molecule has 0 fully saturated rings. The van der Waals surface area contributed by atoms with E-state index in [0.717, 1.165) is 31.1 Å². The maximum Gasteiger partial charge on any atom is 0.161 e. The Balaban J connectivity index is 1.36. The summed E-state index contributed by atoms with van der Waals surface area (Å²) in [5, 5.41) is 0. The fourth-order valence-electron chi connectivity index (χ4n) is 3.24. The summed E-state index contributed by atoms with van der Waals surface area (Å²) < 4.78 is 14.1. The molecule has 1 aliphatic rings. The Labute approximate surface area is 153 Å². The van der Waals surface area contributed by atoms with Crippen LogP contribution >= 0.6 is 0 Å². The average Bonchev–Trinajstić information content (AvgIpc) is 3.09. The lowest BCUT2D eigenvalue weighted by Crippen LogP contribution is -2.39. The van der Waals surface area contributed by atoms with Crippen molar-refractivity contribution in [1.29, 1.82) is 0 Å². The van der Waals surface area contributed by atoms with Crippen LogP contribution in [0.15, 0.2) is 67.1 Å². The molecule has 26 heavy (non-hydrogen) atoms. The van der Waals surface area contributed by atoms with Crippen molar-refractivity contribution in [2.45, 2.75) is 19.2 Å². The van der Waals surface area contributed by atoms with Crippen LogP contribution in [0.4, 0.5) is 0 Å². The predicted molar refractivity (Wildman–Crippen MR) is 100 cm³/mol. The second-order valence-corrected chi connectivity index (χ2v) is 6.69. The van der Waals surface area contributed by atoms with Gasteiger partial charge in [-0.05, 0) is 24.7 Å². The van der Waals surface area contributed by atoms with Gasteiger partial charge in [-0.1, -0.05) is 42.5 Å². The highest BCUT2D eigenvalue weighted by molar-refractivity contribution is 5.40. The zero-order valence-electron chi connectivity index (χ0n) is 14.9. The molecule has 5 nitrogen and oxygen atoms in total. The first-order valence-electron chi connectivity index (χ1n) is 8.88. The Bertz CT molecular complexity index is 847. The van der Waals surface area contributed by atoms with Gasteiger partial charge in [0, 0.05) is 25.8 Å². The fourth-order valence-corrected chi connectivity index (χ4v) is 3.24.